The Labute approximate surface area is 371 Å². The minimum Gasteiger partial charge on any atom is -0.481 e. The number of benzene rings is 1. The molecule has 1 aromatic carbocycles. The van der Waals surface area contributed by atoms with Gasteiger partial charge < -0.3 is 24.1 Å². The smallest absolute Gasteiger partial charge is 0.314 e. The molecule has 1 unspecified atom stereocenters. The molecule has 1 rings (SSSR count). The summed E-state index contributed by atoms with van der Waals surface area (Å²) in [4.78, 5) is 63.6. The summed E-state index contributed by atoms with van der Waals surface area (Å²) in [5, 5.41) is 9.95. The second kappa shape index (κ2) is 35.3. The van der Waals surface area contributed by atoms with Crippen molar-refractivity contribution in [2.24, 2.45) is 0 Å². The highest BCUT2D eigenvalue weighted by Gasteiger charge is 2.35. The van der Waals surface area contributed by atoms with Gasteiger partial charge in [-0.05, 0) is 48.8 Å². The summed E-state index contributed by atoms with van der Waals surface area (Å²) >= 11 is 0. The average molecular weight is 857 g/mol. The van der Waals surface area contributed by atoms with E-state index in [1.54, 1.807) is 6.07 Å². The van der Waals surface area contributed by atoms with Crippen LogP contribution >= 0.6 is 0 Å². The molecule has 9 nitrogen and oxygen atoms in total. The molecule has 61 heavy (non-hydrogen) atoms. The van der Waals surface area contributed by atoms with Gasteiger partial charge in [0.1, 0.15) is 19.5 Å². The molecular weight excluding hydrogens is 769 g/mol. The molecular formula is C52H88O9. The standard InChI is InChI=1S/C52H88O9/c1-7-9-11-13-15-17-19-21-23-25-27-29-31-33-48(56)59-40-44(41-60-49(57)34-32-30-28-26-24-22-20-18-16-14-12-10-8-2)61-51(58)46(39-47(54)55)45-38-42(3)37-43(4)50(45)52(5,6)35-36-53/h36-38,44,46H,7-35,39-41H2,1-6H3,(H,54,55). The maximum absolute atomic E-state index is 14.0. The number of hydrogen-bond donors (Lipinski definition) is 1. The third-order valence-electron chi connectivity index (χ3n) is 11.9. The Kier molecular flexibility index (Phi) is 32.2. The van der Waals surface area contributed by atoms with Gasteiger partial charge in [-0.25, -0.2) is 0 Å². The van der Waals surface area contributed by atoms with Gasteiger partial charge in [-0.1, -0.05) is 199 Å². The first-order chi connectivity index (χ1) is 29.4. The van der Waals surface area contributed by atoms with E-state index in [9.17, 15) is 29.1 Å². The molecule has 0 aliphatic carbocycles. The number of carbonyl (C=O) groups is 5. The van der Waals surface area contributed by atoms with Crippen LogP contribution in [0.25, 0.3) is 0 Å². The third-order valence-corrected chi connectivity index (χ3v) is 11.9. The van der Waals surface area contributed by atoms with Crippen LogP contribution in [0.4, 0.5) is 0 Å². The van der Waals surface area contributed by atoms with Gasteiger partial charge in [-0.2, -0.15) is 0 Å². The normalized spacial score (nSPS) is 12.0. The lowest BCUT2D eigenvalue weighted by molar-refractivity contribution is -0.168. The molecule has 0 aliphatic heterocycles. The summed E-state index contributed by atoms with van der Waals surface area (Å²) in [6, 6.07) is 3.73. The Bertz CT molecular complexity index is 1310. The Morgan fingerprint density at radius 1 is 0.607 bits per heavy atom. The molecule has 0 saturated heterocycles. The number of aliphatic carboxylic acids is 1. The number of carboxylic acid groups (broad SMARTS) is 1. The lowest BCUT2D eigenvalue weighted by Gasteiger charge is -2.31. The van der Waals surface area contributed by atoms with Crippen LogP contribution in [0, 0.1) is 13.8 Å². The van der Waals surface area contributed by atoms with Gasteiger partial charge in [0.15, 0.2) is 6.10 Å². The Morgan fingerprint density at radius 3 is 1.34 bits per heavy atom. The molecule has 1 atom stereocenters. The van der Waals surface area contributed by atoms with Crippen LogP contribution < -0.4 is 0 Å². The maximum Gasteiger partial charge on any atom is 0.314 e. The summed E-state index contributed by atoms with van der Waals surface area (Å²) in [5.74, 6) is -4.05. The first-order valence-corrected chi connectivity index (χ1v) is 24.6. The number of carbonyl (C=O) groups excluding carboxylic acids is 4. The second-order valence-corrected chi connectivity index (χ2v) is 18.4. The van der Waals surface area contributed by atoms with Gasteiger partial charge in [0.25, 0.3) is 0 Å². The molecule has 0 radical (unpaired) electrons. The molecule has 9 heteroatoms. The van der Waals surface area contributed by atoms with Gasteiger partial charge in [0.2, 0.25) is 0 Å². The lowest BCUT2D eigenvalue weighted by Crippen LogP contribution is -2.34. The highest BCUT2D eigenvalue weighted by atomic mass is 16.6. The summed E-state index contributed by atoms with van der Waals surface area (Å²) in [6.07, 6.45) is 30.9. The molecule has 0 bridgehead atoms. The Hall–Kier alpha value is -3.23. The molecule has 0 spiro atoms. The fourth-order valence-electron chi connectivity index (χ4n) is 8.46. The van der Waals surface area contributed by atoms with Crippen molar-refractivity contribution < 1.29 is 43.3 Å². The average Bonchev–Trinajstić information content (AvgIpc) is 3.20. The van der Waals surface area contributed by atoms with Crippen LogP contribution in [-0.2, 0) is 43.6 Å². The molecule has 0 amide bonds. The summed E-state index contributed by atoms with van der Waals surface area (Å²) in [7, 11) is 0. The van der Waals surface area contributed by atoms with Crippen molar-refractivity contribution in [3.63, 3.8) is 0 Å². The first kappa shape index (κ1) is 55.8. The molecule has 0 fully saturated rings. The van der Waals surface area contributed by atoms with E-state index >= 15 is 0 Å². The Morgan fingerprint density at radius 2 is 0.984 bits per heavy atom. The van der Waals surface area contributed by atoms with Crippen molar-refractivity contribution in [3.05, 3.63) is 34.4 Å². The van der Waals surface area contributed by atoms with Crippen LogP contribution in [0.3, 0.4) is 0 Å². The number of carboxylic acids is 1. The monoisotopic (exact) mass is 857 g/mol. The zero-order valence-electron chi connectivity index (χ0n) is 39.7. The molecule has 0 aliphatic rings. The zero-order chi connectivity index (χ0) is 45.1. The quantitative estimate of drug-likeness (QED) is 0.0296. The van der Waals surface area contributed by atoms with Crippen molar-refractivity contribution in [2.45, 2.75) is 252 Å². The van der Waals surface area contributed by atoms with Crippen LogP contribution in [-0.4, -0.2) is 54.6 Å². The van der Waals surface area contributed by atoms with Gasteiger partial charge in [-0.3, -0.25) is 19.2 Å². The van der Waals surface area contributed by atoms with E-state index in [-0.39, 0.29) is 32.5 Å². The van der Waals surface area contributed by atoms with Crippen LogP contribution in [0.1, 0.15) is 248 Å². The van der Waals surface area contributed by atoms with Crippen LogP contribution in [0.2, 0.25) is 0 Å². The fourth-order valence-corrected chi connectivity index (χ4v) is 8.46. The predicted molar refractivity (Wildman–Crippen MR) is 247 cm³/mol. The van der Waals surface area contributed by atoms with Gasteiger partial charge in [0.05, 0.1) is 12.3 Å². The molecule has 1 aromatic rings. The van der Waals surface area contributed by atoms with E-state index in [2.05, 4.69) is 13.8 Å². The number of aldehydes is 1. The lowest BCUT2D eigenvalue weighted by atomic mass is 9.73. The topological polar surface area (TPSA) is 133 Å². The number of aryl methyl sites for hydroxylation is 2. The van der Waals surface area contributed by atoms with E-state index in [0.717, 1.165) is 61.5 Å². The van der Waals surface area contributed by atoms with Crippen molar-refractivity contribution in [3.8, 4) is 0 Å². The first-order valence-electron chi connectivity index (χ1n) is 24.6. The van der Waals surface area contributed by atoms with Crippen molar-refractivity contribution in [1.29, 1.82) is 0 Å². The van der Waals surface area contributed by atoms with Gasteiger partial charge >= 0.3 is 23.9 Å². The minimum absolute atomic E-state index is 0.172. The summed E-state index contributed by atoms with van der Waals surface area (Å²) in [5.41, 5.74) is 2.19. The predicted octanol–water partition coefficient (Wildman–Crippen LogP) is 13.7. The van der Waals surface area contributed by atoms with Crippen molar-refractivity contribution >= 4 is 30.2 Å². The largest absolute Gasteiger partial charge is 0.481 e. The molecule has 1 N–H and O–H groups in total. The fraction of sp³-hybridized carbons (Fsp3) is 0.788. The second-order valence-electron chi connectivity index (χ2n) is 18.4. The molecule has 350 valence electrons. The van der Waals surface area contributed by atoms with Crippen molar-refractivity contribution in [1.82, 2.24) is 0 Å². The zero-order valence-corrected chi connectivity index (χ0v) is 39.7. The summed E-state index contributed by atoms with van der Waals surface area (Å²) < 4.78 is 17.1. The van der Waals surface area contributed by atoms with E-state index < -0.39 is 47.7 Å². The number of ether oxygens (including phenoxy) is 3. The van der Waals surface area contributed by atoms with E-state index in [1.165, 1.54) is 116 Å². The molecule has 0 saturated carbocycles. The van der Waals surface area contributed by atoms with Gasteiger partial charge in [-0.15, -0.1) is 0 Å². The molecule has 0 aromatic heterocycles. The Balaban J connectivity index is 2.81. The number of hydrogen-bond acceptors (Lipinski definition) is 8. The number of esters is 3. The van der Waals surface area contributed by atoms with Gasteiger partial charge in [0, 0.05) is 19.3 Å². The van der Waals surface area contributed by atoms with Crippen LogP contribution in [0.5, 0.6) is 0 Å². The number of rotatable bonds is 40. The van der Waals surface area contributed by atoms with E-state index in [1.807, 2.05) is 33.8 Å². The highest BCUT2D eigenvalue weighted by molar-refractivity contribution is 5.85. The van der Waals surface area contributed by atoms with Crippen LogP contribution in [0.15, 0.2) is 12.1 Å². The van der Waals surface area contributed by atoms with E-state index in [4.69, 9.17) is 14.2 Å². The molecule has 0 heterocycles. The minimum atomic E-state index is -1.21. The maximum atomic E-state index is 14.0. The SMILES string of the molecule is CCCCCCCCCCCCCCCC(=O)OCC(COC(=O)CCCCCCCCCCCCCCC)OC(=O)C(CC(=O)O)c1cc(C)cc(C)c1C(C)(C)CC=O. The van der Waals surface area contributed by atoms with E-state index in [0.29, 0.717) is 18.4 Å². The highest BCUT2D eigenvalue weighted by Crippen LogP contribution is 2.38. The number of unbranched alkanes of at least 4 members (excludes halogenated alkanes) is 24. The summed E-state index contributed by atoms with van der Waals surface area (Å²) in [6.45, 7) is 11.4. The third kappa shape index (κ3) is 27.4. The van der Waals surface area contributed by atoms with Crippen molar-refractivity contribution in [2.75, 3.05) is 13.2 Å².